The van der Waals surface area contributed by atoms with Crippen LogP contribution >= 0.6 is 0 Å². The first-order valence-electron chi connectivity index (χ1n) is 12.1. The zero-order valence-corrected chi connectivity index (χ0v) is 20.8. The number of anilines is 3. The molecule has 190 valence electrons. The summed E-state index contributed by atoms with van der Waals surface area (Å²) in [6, 6.07) is 21.0. The molecule has 5 rings (SSSR count). The second-order valence-electron chi connectivity index (χ2n) is 9.20. The third kappa shape index (κ3) is 5.32. The van der Waals surface area contributed by atoms with E-state index >= 15 is 0 Å². The average Bonchev–Trinajstić information content (AvgIpc) is 3.23. The molecule has 0 aromatic heterocycles. The molecular formula is C28H29FN6O2. The number of rotatable bonds is 5. The zero-order chi connectivity index (χ0) is 25.9. The van der Waals surface area contributed by atoms with Crippen molar-refractivity contribution in [2.24, 2.45) is 0 Å². The molecule has 0 saturated carbocycles. The van der Waals surface area contributed by atoms with Crippen LogP contribution in [0.4, 0.5) is 26.2 Å². The summed E-state index contributed by atoms with van der Waals surface area (Å²) >= 11 is 0. The summed E-state index contributed by atoms with van der Waals surface area (Å²) in [5.41, 5.74) is 7.37. The maximum absolute atomic E-state index is 13.8. The van der Waals surface area contributed by atoms with Crippen molar-refractivity contribution in [2.45, 2.75) is 0 Å². The van der Waals surface area contributed by atoms with Gasteiger partial charge in [-0.3, -0.25) is 15.1 Å². The molecule has 2 heterocycles. The zero-order valence-electron chi connectivity index (χ0n) is 20.8. The first kappa shape index (κ1) is 24.5. The molecule has 0 spiro atoms. The van der Waals surface area contributed by atoms with Crippen LogP contribution in [0.2, 0.25) is 0 Å². The number of amides is 3. The van der Waals surface area contributed by atoms with Gasteiger partial charge in [0.15, 0.2) is 0 Å². The van der Waals surface area contributed by atoms with E-state index in [1.807, 2.05) is 59.6 Å². The smallest absolute Gasteiger partial charge is 0.336 e. The Bertz CT molecular complexity index is 1330. The maximum Gasteiger partial charge on any atom is 0.336 e. The summed E-state index contributed by atoms with van der Waals surface area (Å²) in [5, 5.41) is 8.08. The molecule has 3 amide bonds. The van der Waals surface area contributed by atoms with Gasteiger partial charge in [0, 0.05) is 50.2 Å². The number of carbonyl (C=O) groups excluding carboxylic acids is 2. The van der Waals surface area contributed by atoms with Crippen LogP contribution < -0.4 is 21.0 Å². The molecular weight excluding hydrogens is 471 g/mol. The molecule has 0 bridgehead atoms. The Morgan fingerprint density at radius 1 is 0.973 bits per heavy atom. The third-order valence-corrected chi connectivity index (χ3v) is 6.62. The van der Waals surface area contributed by atoms with E-state index in [0.717, 1.165) is 43.1 Å². The summed E-state index contributed by atoms with van der Waals surface area (Å²) in [6.07, 6.45) is 0. The topological polar surface area (TPSA) is 80.0 Å². The molecule has 3 N–H and O–H groups in total. The molecule has 2 aliphatic rings. The fourth-order valence-electron chi connectivity index (χ4n) is 4.44. The lowest BCUT2D eigenvalue weighted by molar-refractivity contribution is -0.110. The lowest BCUT2D eigenvalue weighted by Crippen LogP contribution is -2.55. The molecule has 0 aliphatic carbocycles. The molecule has 0 unspecified atom stereocenters. The van der Waals surface area contributed by atoms with Crippen LogP contribution in [-0.2, 0) is 4.79 Å². The van der Waals surface area contributed by atoms with Gasteiger partial charge in [0.25, 0.3) is 5.91 Å². The number of piperazine rings is 1. The van der Waals surface area contributed by atoms with Crippen molar-refractivity contribution in [2.75, 3.05) is 55.8 Å². The highest BCUT2D eigenvalue weighted by Gasteiger charge is 2.29. The number of hydrogen-bond donors (Lipinski definition) is 3. The van der Waals surface area contributed by atoms with Crippen LogP contribution in [0.3, 0.4) is 0 Å². The van der Waals surface area contributed by atoms with Gasteiger partial charge in [-0.1, -0.05) is 30.3 Å². The summed E-state index contributed by atoms with van der Waals surface area (Å²) < 4.78 is 13.8. The summed E-state index contributed by atoms with van der Waals surface area (Å²) in [4.78, 5) is 29.5. The largest absolute Gasteiger partial charge is 0.354 e. The van der Waals surface area contributed by atoms with Crippen LogP contribution in [0.15, 0.2) is 72.8 Å². The van der Waals surface area contributed by atoms with Gasteiger partial charge in [0.2, 0.25) is 0 Å². The minimum Gasteiger partial charge on any atom is -0.354 e. The van der Waals surface area contributed by atoms with Crippen LogP contribution in [0.1, 0.15) is 11.1 Å². The van der Waals surface area contributed by atoms with Gasteiger partial charge < -0.3 is 15.5 Å². The Morgan fingerprint density at radius 3 is 2.38 bits per heavy atom. The van der Waals surface area contributed by atoms with Gasteiger partial charge in [0.1, 0.15) is 5.82 Å². The predicted octanol–water partition coefficient (Wildman–Crippen LogP) is 4.07. The van der Waals surface area contributed by atoms with Crippen molar-refractivity contribution >= 4 is 40.3 Å². The Hall–Kier alpha value is -4.21. The molecule has 2 aliphatic heterocycles. The molecule has 3 aromatic carbocycles. The molecule has 3 aromatic rings. The fraction of sp³-hybridized carbons (Fsp3) is 0.214. The number of carbonyl (C=O) groups is 2. The highest BCUT2D eigenvalue weighted by Crippen LogP contribution is 2.38. The second-order valence-corrected chi connectivity index (χ2v) is 9.20. The third-order valence-electron chi connectivity index (χ3n) is 6.62. The highest BCUT2D eigenvalue weighted by molar-refractivity contribution is 6.37. The Balaban J connectivity index is 1.38. The summed E-state index contributed by atoms with van der Waals surface area (Å²) in [5.74, 6) is -0.713. The first-order valence-corrected chi connectivity index (χ1v) is 12.1. The van der Waals surface area contributed by atoms with Crippen molar-refractivity contribution in [3.8, 4) is 0 Å². The molecule has 0 radical (unpaired) electrons. The minimum atomic E-state index is -0.411. The molecule has 9 heteroatoms. The lowest BCUT2D eigenvalue weighted by atomic mass is 10.00. The van der Waals surface area contributed by atoms with E-state index in [2.05, 4.69) is 28.0 Å². The van der Waals surface area contributed by atoms with Crippen molar-refractivity contribution in [3.05, 3.63) is 89.7 Å². The van der Waals surface area contributed by atoms with E-state index in [0.29, 0.717) is 22.5 Å². The lowest BCUT2D eigenvalue weighted by Gasteiger charge is -2.33. The molecule has 8 nitrogen and oxygen atoms in total. The van der Waals surface area contributed by atoms with E-state index in [9.17, 15) is 14.0 Å². The number of benzene rings is 3. The Labute approximate surface area is 215 Å². The van der Waals surface area contributed by atoms with Crippen LogP contribution in [0, 0.1) is 5.82 Å². The van der Waals surface area contributed by atoms with E-state index < -0.39 is 5.82 Å². The number of fused-ring (bicyclic) bond motifs is 1. The number of hydrogen-bond acceptors (Lipinski definition) is 5. The number of nitrogens with zero attached hydrogens (tertiary/aromatic N) is 3. The second kappa shape index (κ2) is 10.4. The number of halogens is 1. The normalized spacial score (nSPS) is 17.1. The van der Waals surface area contributed by atoms with E-state index in [1.165, 1.54) is 12.1 Å². The first-order chi connectivity index (χ1) is 17.9. The van der Waals surface area contributed by atoms with Crippen molar-refractivity contribution in [1.29, 1.82) is 0 Å². The standard InChI is InChI=1S/C28H29FN6O2/c1-33-14-16-35(17-15-33)32-28(37)34(2)22-11-9-21(10-12-22)30-26(19-6-4-3-5-7-19)25-23-13-8-20(29)18-24(23)31-27(25)36/h3-13,18,30H,14-17H2,1-2H3,(H,31,36)(H,32,37)/b26-25-. The van der Waals surface area contributed by atoms with E-state index in [-0.39, 0.29) is 11.9 Å². The van der Waals surface area contributed by atoms with Gasteiger partial charge in [-0.2, -0.15) is 0 Å². The monoisotopic (exact) mass is 500 g/mol. The quantitative estimate of drug-likeness (QED) is 0.461. The van der Waals surface area contributed by atoms with Crippen LogP contribution in [-0.4, -0.2) is 62.1 Å². The van der Waals surface area contributed by atoms with Gasteiger partial charge >= 0.3 is 6.03 Å². The molecule has 1 saturated heterocycles. The maximum atomic E-state index is 13.8. The van der Waals surface area contributed by atoms with E-state index in [4.69, 9.17) is 0 Å². The average molecular weight is 501 g/mol. The van der Waals surface area contributed by atoms with E-state index in [1.54, 1.807) is 18.0 Å². The van der Waals surface area contributed by atoms with Gasteiger partial charge in [0.05, 0.1) is 17.0 Å². The molecule has 37 heavy (non-hydrogen) atoms. The van der Waals surface area contributed by atoms with Gasteiger partial charge in [-0.15, -0.1) is 0 Å². The Morgan fingerprint density at radius 2 is 1.68 bits per heavy atom. The molecule has 0 atom stereocenters. The van der Waals surface area contributed by atoms with Crippen molar-refractivity contribution in [3.63, 3.8) is 0 Å². The SMILES string of the molecule is CN1CCN(NC(=O)N(C)c2ccc(N/C(=C3\C(=O)Nc4cc(F)ccc43)c3ccccc3)cc2)CC1. The number of hydrazine groups is 1. The van der Waals surface area contributed by atoms with Crippen molar-refractivity contribution in [1.82, 2.24) is 15.3 Å². The van der Waals surface area contributed by atoms with Crippen LogP contribution in [0.5, 0.6) is 0 Å². The predicted molar refractivity (Wildman–Crippen MR) is 144 cm³/mol. The molecule has 1 fully saturated rings. The number of likely N-dealkylation sites (N-methyl/N-ethyl adjacent to an activating group) is 1. The Kier molecular flexibility index (Phi) is 6.89. The van der Waals surface area contributed by atoms with Gasteiger partial charge in [-0.25, -0.2) is 14.2 Å². The highest BCUT2D eigenvalue weighted by atomic mass is 19.1. The minimum absolute atomic E-state index is 0.205. The fourth-order valence-corrected chi connectivity index (χ4v) is 4.44. The summed E-state index contributed by atoms with van der Waals surface area (Å²) in [7, 11) is 3.79. The number of urea groups is 1. The summed E-state index contributed by atoms with van der Waals surface area (Å²) in [6.45, 7) is 3.36. The van der Waals surface area contributed by atoms with Crippen molar-refractivity contribution < 1.29 is 14.0 Å². The number of nitrogens with one attached hydrogen (secondary N) is 3. The van der Waals surface area contributed by atoms with Crippen LogP contribution in [0.25, 0.3) is 11.3 Å². The van der Waals surface area contributed by atoms with Gasteiger partial charge in [-0.05, 0) is 55.1 Å².